The van der Waals surface area contributed by atoms with Gasteiger partial charge in [0.05, 0.1) is 0 Å². The molecule has 0 aromatic heterocycles. The fourth-order valence-corrected chi connectivity index (χ4v) is 5.68. The quantitative estimate of drug-likeness (QED) is 0.480. The maximum absolute atomic E-state index is 5.76. The van der Waals surface area contributed by atoms with Crippen LogP contribution < -0.4 is 5.73 Å². The summed E-state index contributed by atoms with van der Waals surface area (Å²) in [5.74, 6) is 0. The summed E-state index contributed by atoms with van der Waals surface area (Å²) >= 11 is -2.93. The van der Waals surface area contributed by atoms with Gasteiger partial charge in [-0.2, -0.15) is 0 Å². The zero-order chi connectivity index (χ0) is 11.6. The van der Waals surface area contributed by atoms with Crippen molar-refractivity contribution in [3.63, 3.8) is 0 Å². The van der Waals surface area contributed by atoms with Gasteiger partial charge in [0.15, 0.2) is 0 Å². The molecule has 0 spiro atoms. The Labute approximate surface area is 98.2 Å². The minimum atomic E-state index is -2.93. The SMILES string of the molecule is CC[O][Ti]([CH2]CCCN)([O]CC)[O]CC. The van der Waals surface area contributed by atoms with E-state index in [1.54, 1.807) is 0 Å². The first-order chi connectivity index (χ1) is 7.24. The maximum atomic E-state index is 5.76. The average Bonchev–Trinajstić information content (AvgIpc) is 2.19. The van der Waals surface area contributed by atoms with Gasteiger partial charge in [0.1, 0.15) is 0 Å². The molecule has 0 aliphatic heterocycles. The fraction of sp³-hybridized carbons (Fsp3) is 1.00. The van der Waals surface area contributed by atoms with Crippen LogP contribution in [0.1, 0.15) is 33.6 Å². The zero-order valence-electron chi connectivity index (χ0n) is 10.3. The van der Waals surface area contributed by atoms with Crippen LogP contribution in [0.25, 0.3) is 0 Å². The molecule has 0 atom stereocenters. The van der Waals surface area contributed by atoms with Gasteiger partial charge >= 0.3 is 98.1 Å². The Morgan fingerprint density at radius 1 is 0.867 bits per heavy atom. The molecule has 0 radical (unpaired) electrons. The van der Waals surface area contributed by atoms with Crippen molar-refractivity contribution >= 4 is 0 Å². The Morgan fingerprint density at radius 3 is 1.67 bits per heavy atom. The molecule has 0 fully saturated rings. The molecule has 92 valence electrons. The third kappa shape index (κ3) is 6.66. The molecule has 0 aromatic rings. The molecule has 0 aromatic carbocycles. The van der Waals surface area contributed by atoms with Gasteiger partial charge in [-0.25, -0.2) is 0 Å². The molecule has 4 nitrogen and oxygen atoms in total. The molecule has 0 saturated heterocycles. The second-order valence-corrected chi connectivity index (χ2v) is 7.49. The van der Waals surface area contributed by atoms with Crippen molar-refractivity contribution in [2.75, 3.05) is 26.4 Å². The molecule has 15 heavy (non-hydrogen) atoms. The summed E-state index contributed by atoms with van der Waals surface area (Å²) in [5, 5.41) is 0. The van der Waals surface area contributed by atoms with Crippen LogP contribution in [0.5, 0.6) is 0 Å². The van der Waals surface area contributed by atoms with E-state index in [0.29, 0.717) is 19.8 Å². The molecule has 0 heterocycles. The summed E-state index contributed by atoms with van der Waals surface area (Å²) in [6, 6.07) is 0. The first kappa shape index (κ1) is 15.6. The first-order valence-electron chi connectivity index (χ1n) is 5.86. The third-order valence-corrected chi connectivity index (χ3v) is 6.95. The number of hydrogen-bond acceptors (Lipinski definition) is 4. The van der Waals surface area contributed by atoms with Crippen molar-refractivity contribution in [2.24, 2.45) is 5.73 Å². The molecule has 0 aliphatic carbocycles. The molecule has 5 heteroatoms. The Morgan fingerprint density at radius 2 is 1.33 bits per heavy atom. The van der Waals surface area contributed by atoms with Crippen molar-refractivity contribution in [1.29, 1.82) is 0 Å². The first-order valence-corrected chi connectivity index (χ1v) is 8.88. The molecule has 0 amide bonds. The standard InChI is InChI=1S/C4H10N.3C2H5O.Ti/c1-2-3-4-5;3*1-2-3;/h1-5H2;3*2H2,1H3;/q;3*-1;+3. The Kier molecular flexibility index (Phi) is 10.1. The van der Waals surface area contributed by atoms with Crippen LogP contribution in [-0.4, -0.2) is 26.4 Å². The zero-order valence-corrected chi connectivity index (χ0v) is 11.8. The van der Waals surface area contributed by atoms with Gasteiger partial charge in [-0.15, -0.1) is 0 Å². The molecule has 0 rings (SSSR count). The summed E-state index contributed by atoms with van der Waals surface area (Å²) in [4.78, 5) is 0. The van der Waals surface area contributed by atoms with E-state index in [1.165, 1.54) is 0 Å². The van der Waals surface area contributed by atoms with E-state index in [-0.39, 0.29) is 0 Å². The van der Waals surface area contributed by atoms with E-state index in [2.05, 4.69) is 0 Å². The van der Waals surface area contributed by atoms with Gasteiger partial charge in [-0.3, -0.25) is 0 Å². The van der Waals surface area contributed by atoms with Crippen LogP contribution in [0.4, 0.5) is 0 Å². The van der Waals surface area contributed by atoms with E-state index < -0.39 is 17.8 Å². The summed E-state index contributed by atoms with van der Waals surface area (Å²) in [5.41, 5.74) is 5.48. The van der Waals surface area contributed by atoms with E-state index in [0.717, 1.165) is 24.1 Å². The van der Waals surface area contributed by atoms with Crippen molar-refractivity contribution in [1.82, 2.24) is 0 Å². The molecule has 0 aliphatic rings. The van der Waals surface area contributed by atoms with Crippen LogP contribution in [0.3, 0.4) is 0 Å². The predicted octanol–water partition coefficient (Wildman–Crippen LogP) is 2.15. The monoisotopic (exact) mass is 255 g/mol. The molecule has 0 unspecified atom stereocenters. The van der Waals surface area contributed by atoms with Crippen molar-refractivity contribution in [2.45, 2.75) is 38.3 Å². The van der Waals surface area contributed by atoms with Crippen LogP contribution >= 0.6 is 0 Å². The van der Waals surface area contributed by atoms with Gasteiger partial charge < -0.3 is 0 Å². The summed E-state index contributed by atoms with van der Waals surface area (Å²) < 4.78 is 18.2. The van der Waals surface area contributed by atoms with Gasteiger partial charge in [0.25, 0.3) is 0 Å². The van der Waals surface area contributed by atoms with Crippen LogP contribution in [0.15, 0.2) is 0 Å². The second-order valence-electron chi connectivity index (χ2n) is 3.23. The summed E-state index contributed by atoms with van der Waals surface area (Å²) in [7, 11) is 0. The Balaban J connectivity index is 4.18. The van der Waals surface area contributed by atoms with Crippen molar-refractivity contribution in [3.05, 3.63) is 0 Å². The van der Waals surface area contributed by atoms with Crippen LogP contribution in [-0.2, 0) is 27.7 Å². The normalized spacial score (nSPS) is 12.0. The van der Waals surface area contributed by atoms with Gasteiger partial charge in [-0.1, -0.05) is 0 Å². The van der Waals surface area contributed by atoms with Crippen molar-refractivity contribution in [3.8, 4) is 0 Å². The molecular formula is C10H25NO3Ti. The average molecular weight is 255 g/mol. The molecule has 0 bridgehead atoms. The predicted molar refractivity (Wildman–Crippen MR) is 58.0 cm³/mol. The number of hydrogen-bond donors (Lipinski definition) is 1. The van der Waals surface area contributed by atoms with E-state index in [4.69, 9.17) is 15.7 Å². The Bertz CT molecular complexity index is 130. The second kappa shape index (κ2) is 9.76. The van der Waals surface area contributed by atoms with E-state index in [9.17, 15) is 0 Å². The topological polar surface area (TPSA) is 53.7 Å². The number of unbranched alkanes of at least 4 members (excludes halogenated alkanes) is 1. The number of nitrogens with two attached hydrogens (primary N) is 1. The number of rotatable bonds is 10. The van der Waals surface area contributed by atoms with E-state index in [1.807, 2.05) is 20.8 Å². The fourth-order valence-electron chi connectivity index (χ4n) is 1.49. The summed E-state index contributed by atoms with van der Waals surface area (Å²) in [6.45, 7) is 8.69. The van der Waals surface area contributed by atoms with Crippen LogP contribution in [0.2, 0.25) is 4.73 Å². The minimum absolute atomic E-state index is 0.669. The molecule has 0 saturated carbocycles. The van der Waals surface area contributed by atoms with E-state index >= 15 is 0 Å². The molecule has 2 N–H and O–H groups in total. The van der Waals surface area contributed by atoms with Crippen LogP contribution in [0, 0.1) is 0 Å². The third-order valence-electron chi connectivity index (χ3n) is 2.03. The van der Waals surface area contributed by atoms with Gasteiger partial charge in [0.2, 0.25) is 0 Å². The van der Waals surface area contributed by atoms with Gasteiger partial charge in [0, 0.05) is 0 Å². The van der Waals surface area contributed by atoms with Gasteiger partial charge in [-0.05, 0) is 0 Å². The van der Waals surface area contributed by atoms with Crippen molar-refractivity contribution < 1.29 is 27.7 Å². The molecular weight excluding hydrogens is 230 g/mol. The Hall–Kier alpha value is 0.554. The summed E-state index contributed by atoms with van der Waals surface area (Å²) in [6.07, 6.45) is 2.05.